The molecule has 0 aliphatic heterocycles. The van der Waals surface area contributed by atoms with Gasteiger partial charge in [0.2, 0.25) is 0 Å². The number of carbonyl (C=O) groups excluding carboxylic acids is 1. The molecule has 2 aliphatic rings. The summed E-state index contributed by atoms with van der Waals surface area (Å²) in [6.45, 7) is 5.06. The molecule has 0 aromatic rings. The molecular weight excluding hydrogens is 290 g/mol. The Morgan fingerprint density at radius 2 is 1.77 bits per heavy atom. The van der Waals surface area contributed by atoms with E-state index in [4.69, 9.17) is 9.84 Å². The number of carboxylic acids is 2. The normalized spacial score (nSPS) is 26.7. The molecule has 3 atom stereocenters. The van der Waals surface area contributed by atoms with E-state index in [0.717, 1.165) is 12.8 Å². The molecule has 124 valence electrons. The molecule has 0 heterocycles. The molecule has 3 N–H and O–H groups in total. The number of rotatable bonds is 6. The zero-order valence-corrected chi connectivity index (χ0v) is 13.1. The lowest BCUT2D eigenvalue weighted by Gasteiger charge is -2.32. The van der Waals surface area contributed by atoms with Crippen molar-refractivity contribution >= 4 is 18.0 Å². The SMILES string of the molecule is CC(C)(C)OC(=O)NC(CC1CC1)(C(=O)O)C1CC1C(=O)O. The lowest BCUT2D eigenvalue weighted by Crippen LogP contribution is -2.58. The summed E-state index contributed by atoms with van der Waals surface area (Å²) in [5, 5.41) is 21.3. The summed E-state index contributed by atoms with van der Waals surface area (Å²) in [5.41, 5.74) is -2.30. The van der Waals surface area contributed by atoms with Crippen molar-refractivity contribution in [3.63, 3.8) is 0 Å². The van der Waals surface area contributed by atoms with Gasteiger partial charge in [0.05, 0.1) is 5.92 Å². The Morgan fingerprint density at radius 1 is 1.18 bits per heavy atom. The zero-order chi connectivity index (χ0) is 16.7. The minimum absolute atomic E-state index is 0.223. The maximum absolute atomic E-state index is 12.0. The molecule has 1 amide bonds. The average Bonchev–Trinajstić information content (AvgIpc) is 3.19. The third-order valence-electron chi connectivity index (χ3n) is 4.15. The van der Waals surface area contributed by atoms with Crippen LogP contribution in [0.1, 0.15) is 46.5 Å². The highest BCUT2D eigenvalue weighted by Crippen LogP contribution is 2.52. The van der Waals surface area contributed by atoms with Crippen LogP contribution in [0.25, 0.3) is 0 Å². The highest BCUT2D eigenvalue weighted by atomic mass is 16.6. The molecule has 22 heavy (non-hydrogen) atoms. The lowest BCUT2D eigenvalue weighted by atomic mass is 9.86. The summed E-state index contributed by atoms with van der Waals surface area (Å²) in [5.74, 6) is -3.28. The Hall–Kier alpha value is -1.79. The highest BCUT2D eigenvalue weighted by molar-refractivity contribution is 5.87. The number of carboxylic acid groups (broad SMARTS) is 2. The number of nitrogens with one attached hydrogen (secondary N) is 1. The summed E-state index contributed by atoms with van der Waals surface area (Å²) in [6, 6.07) is 0. The van der Waals surface area contributed by atoms with Gasteiger partial charge in [0.25, 0.3) is 0 Å². The first kappa shape index (κ1) is 16.6. The van der Waals surface area contributed by atoms with Gasteiger partial charge in [-0.05, 0) is 39.5 Å². The van der Waals surface area contributed by atoms with E-state index >= 15 is 0 Å². The van der Waals surface area contributed by atoms with Crippen molar-refractivity contribution in [3.8, 4) is 0 Å². The first-order valence-electron chi connectivity index (χ1n) is 7.52. The van der Waals surface area contributed by atoms with Crippen LogP contribution in [0.5, 0.6) is 0 Å². The fourth-order valence-corrected chi connectivity index (χ4v) is 2.87. The Kier molecular flexibility index (Phi) is 4.10. The number of amides is 1. The van der Waals surface area contributed by atoms with Gasteiger partial charge in [-0.1, -0.05) is 12.8 Å². The lowest BCUT2D eigenvalue weighted by molar-refractivity contribution is -0.147. The predicted octanol–water partition coefficient (Wildman–Crippen LogP) is 1.86. The fourth-order valence-electron chi connectivity index (χ4n) is 2.87. The second kappa shape index (κ2) is 5.44. The molecule has 0 aromatic heterocycles. The highest BCUT2D eigenvalue weighted by Gasteiger charge is 2.62. The minimum Gasteiger partial charge on any atom is -0.481 e. The topological polar surface area (TPSA) is 113 Å². The number of aliphatic carboxylic acids is 2. The third-order valence-corrected chi connectivity index (χ3v) is 4.15. The van der Waals surface area contributed by atoms with Crippen molar-refractivity contribution in [1.29, 1.82) is 0 Å². The molecule has 0 bridgehead atoms. The van der Waals surface area contributed by atoms with Crippen LogP contribution in [0.2, 0.25) is 0 Å². The Morgan fingerprint density at radius 3 is 2.14 bits per heavy atom. The van der Waals surface area contributed by atoms with E-state index in [0.29, 0.717) is 0 Å². The predicted molar refractivity (Wildman–Crippen MR) is 76.3 cm³/mol. The van der Waals surface area contributed by atoms with E-state index < -0.39 is 41.0 Å². The van der Waals surface area contributed by atoms with Gasteiger partial charge in [-0.3, -0.25) is 4.79 Å². The van der Waals surface area contributed by atoms with Crippen LogP contribution in [0.15, 0.2) is 0 Å². The summed E-state index contributed by atoms with van der Waals surface area (Å²) in [6.07, 6.45) is 1.54. The zero-order valence-electron chi connectivity index (χ0n) is 13.1. The van der Waals surface area contributed by atoms with Gasteiger partial charge in [-0.15, -0.1) is 0 Å². The summed E-state index contributed by atoms with van der Waals surface area (Å²) in [4.78, 5) is 35.0. The third kappa shape index (κ3) is 3.69. The Bertz CT molecular complexity index is 493. The second-order valence-electron chi connectivity index (χ2n) is 7.34. The van der Waals surface area contributed by atoms with Crippen molar-refractivity contribution in [2.45, 2.75) is 57.6 Å². The largest absolute Gasteiger partial charge is 0.481 e. The van der Waals surface area contributed by atoms with Crippen LogP contribution >= 0.6 is 0 Å². The smallest absolute Gasteiger partial charge is 0.408 e. The maximum atomic E-state index is 12.0. The van der Waals surface area contributed by atoms with Gasteiger partial charge < -0.3 is 20.3 Å². The first-order chi connectivity index (χ1) is 10.0. The van der Waals surface area contributed by atoms with E-state index in [1.807, 2.05) is 0 Å². The van der Waals surface area contributed by atoms with Gasteiger partial charge in [0.15, 0.2) is 0 Å². The van der Waals surface area contributed by atoms with Crippen LogP contribution in [0.3, 0.4) is 0 Å². The van der Waals surface area contributed by atoms with Crippen LogP contribution < -0.4 is 5.32 Å². The summed E-state index contributed by atoms with van der Waals surface area (Å²) in [7, 11) is 0. The van der Waals surface area contributed by atoms with E-state index in [1.54, 1.807) is 20.8 Å². The number of hydrogen-bond donors (Lipinski definition) is 3. The van der Waals surface area contributed by atoms with Crippen LogP contribution in [0, 0.1) is 17.8 Å². The second-order valence-corrected chi connectivity index (χ2v) is 7.34. The van der Waals surface area contributed by atoms with Crippen molar-refractivity contribution in [1.82, 2.24) is 5.32 Å². The molecule has 7 heteroatoms. The van der Waals surface area contributed by atoms with Gasteiger partial charge in [0.1, 0.15) is 11.1 Å². The number of alkyl carbamates (subject to hydrolysis) is 1. The van der Waals surface area contributed by atoms with E-state index in [2.05, 4.69) is 5.32 Å². The van der Waals surface area contributed by atoms with E-state index in [1.165, 1.54) is 0 Å². The molecule has 2 saturated carbocycles. The molecule has 0 spiro atoms. The van der Waals surface area contributed by atoms with Crippen molar-refractivity contribution < 1.29 is 29.3 Å². The van der Waals surface area contributed by atoms with Gasteiger partial charge in [0, 0.05) is 5.92 Å². The molecule has 0 radical (unpaired) electrons. The standard InChI is InChI=1S/C15H23NO6/c1-14(2,3)22-13(21)16-15(12(19)20,7-8-4-5-8)10-6-9(10)11(17)18/h8-10H,4-7H2,1-3H3,(H,16,21)(H,17,18)(H,19,20). The van der Waals surface area contributed by atoms with Gasteiger partial charge in [-0.25, -0.2) is 9.59 Å². The summed E-state index contributed by atoms with van der Waals surface area (Å²) >= 11 is 0. The van der Waals surface area contributed by atoms with Crippen LogP contribution in [-0.2, 0) is 14.3 Å². The minimum atomic E-state index is -1.55. The van der Waals surface area contributed by atoms with Crippen molar-refractivity contribution in [2.75, 3.05) is 0 Å². The quantitative estimate of drug-likeness (QED) is 0.690. The molecule has 2 rings (SSSR count). The Balaban J connectivity index is 2.18. The molecule has 0 aromatic carbocycles. The Labute approximate surface area is 129 Å². The number of carbonyl (C=O) groups is 3. The summed E-state index contributed by atoms with van der Waals surface area (Å²) < 4.78 is 5.16. The molecule has 2 fully saturated rings. The molecule has 3 unspecified atom stereocenters. The number of ether oxygens (including phenoxy) is 1. The molecule has 7 nitrogen and oxygen atoms in total. The first-order valence-corrected chi connectivity index (χ1v) is 7.52. The number of hydrogen-bond acceptors (Lipinski definition) is 4. The molecular formula is C15H23NO6. The maximum Gasteiger partial charge on any atom is 0.408 e. The monoisotopic (exact) mass is 313 g/mol. The van der Waals surface area contributed by atoms with E-state index in [-0.39, 0.29) is 18.8 Å². The fraction of sp³-hybridized carbons (Fsp3) is 0.800. The average molecular weight is 313 g/mol. The molecule has 0 saturated heterocycles. The van der Waals surface area contributed by atoms with Crippen molar-refractivity contribution in [3.05, 3.63) is 0 Å². The van der Waals surface area contributed by atoms with E-state index in [9.17, 15) is 19.5 Å². The van der Waals surface area contributed by atoms with Crippen molar-refractivity contribution in [2.24, 2.45) is 17.8 Å². The van der Waals surface area contributed by atoms with Crippen LogP contribution in [0.4, 0.5) is 4.79 Å². The van der Waals surface area contributed by atoms with Gasteiger partial charge in [-0.2, -0.15) is 0 Å². The van der Waals surface area contributed by atoms with Gasteiger partial charge >= 0.3 is 18.0 Å². The van der Waals surface area contributed by atoms with Crippen LogP contribution in [-0.4, -0.2) is 39.4 Å². The molecule has 2 aliphatic carbocycles.